The predicted molar refractivity (Wildman–Crippen MR) is 63.8 cm³/mol. The van der Waals surface area contributed by atoms with Gasteiger partial charge < -0.3 is 5.11 Å². The van der Waals surface area contributed by atoms with E-state index in [1.54, 1.807) is 0 Å². The normalized spacial score (nSPS) is 15.3. The number of likely N-dealkylation sites (N-methyl/N-ethyl adjacent to an activating group) is 1. The molecule has 2 atom stereocenters. The largest absolute Gasteiger partial charge is 0.394 e. The van der Waals surface area contributed by atoms with Gasteiger partial charge in [-0.05, 0) is 26.0 Å². The number of rotatable bonds is 5. The van der Waals surface area contributed by atoms with E-state index < -0.39 is 0 Å². The van der Waals surface area contributed by atoms with Crippen LogP contribution >= 0.6 is 0 Å². The van der Waals surface area contributed by atoms with Crippen LogP contribution in [-0.4, -0.2) is 29.7 Å². The maximum absolute atomic E-state index is 9.45. The van der Waals surface area contributed by atoms with E-state index in [1.165, 1.54) is 5.56 Å². The van der Waals surface area contributed by atoms with Gasteiger partial charge in [-0.15, -0.1) is 0 Å². The zero-order valence-corrected chi connectivity index (χ0v) is 9.85. The quantitative estimate of drug-likeness (QED) is 0.801. The average molecular weight is 207 g/mol. The van der Waals surface area contributed by atoms with Crippen molar-refractivity contribution >= 4 is 0 Å². The molecule has 0 radical (unpaired) electrons. The van der Waals surface area contributed by atoms with Crippen LogP contribution in [0.15, 0.2) is 30.3 Å². The maximum Gasteiger partial charge on any atom is 0.0628 e. The first-order valence-electron chi connectivity index (χ1n) is 5.58. The molecule has 84 valence electrons. The Balaban J connectivity index is 2.80. The summed E-state index contributed by atoms with van der Waals surface area (Å²) in [6.07, 6.45) is 1.10. The lowest BCUT2D eigenvalue weighted by molar-refractivity contribution is 0.113. The molecule has 0 saturated heterocycles. The summed E-state index contributed by atoms with van der Waals surface area (Å²) in [6, 6.07) is 10.8. The second-order valence-electron chi connectivity index (χ2n) is 4.03. The van der Waals surface area contributed by atoms with Crippen LogP contribution in [0.1, 0.15) is 31.9 Å². The van der Waals surface area contributed by atoms with Crippen molar-refractivity contribution in [2.24, 2.45) is 0 Å². The van der Waals surface area contributed by atoms with Gasteiger partial charge in [0.05, 0.1) is 12.6 Å². The number of aliphatic hydroxyl groups is 1. The average Bonchev–Trinajstić information content (AvgIpc) is 2.30. The van der Waals surface area contributed by atoms with Crippen molar-refractivity contribution in [1.82, 2.24) is 4.90 Å². The number of nitrogens with zero attached hydrogens (tertiary/aromatic N) is 1. The fourth-order valence-electron chi connectivity index (χ4n) is 1.74. The van der Waals surface area contributed by atoms with E-state index in [2.05, 4.69) is 37.9 Å². The summed E-state index contributed by atoms with van der Waals surface area (Å²) in [5, 5.41) is 9.45. The Labute approximate surface area is 92.5 Å². The van der Waals surface area contributed by atoms with Gasteiger partial charge in [0, 0.05) is 6.04 Å². The highest BCUT2D eigenvalue weighted by atomic mass is 16.3. The minimum absolute atomic E-state index is 0.112. The van der Waals surface area contributed by atoms with Gasteiger partial charge in [-0.25, -0.2) is 0 Å². The second kappa shape index (κ2) is 5.89. The molecule has 1 aromatic carbocycles. The van der Waals surface area contributed by atoms with Crippen LogP contribution in [0.25, 0.3) is 0 Å². The molecule has 1 aromatic rings. The number of benzene rings is 1. The third-order valence-corrected chi connectivity index (χ3v) is 3.13. The third kappa shape index (κ3) is 3.05. The van der Waals surface area contributed by atoms with Crippen molar-refractivity contribution in [3.8, 4) is 0 Å². The van der Waals surface area contributed by atoms with Crippen LogP contribution in [0.2, 0.25) is 0 Å². The number of hydrogen-bond acceptors (Lipinski definition) is 2. The highest BCUT2D eigenvalue weighted by molar-refractivity contribution is 5.19. The first-order chi connectivity index (χ1) is 7.20. The number of hydrogen-bond donors (Lipinski definition) is 1. The van der Waals surface area contributed by atoms with Crippen molar-refractivity contribution < 1.29 is 5.11 Å². The Bertz CT molecular complexity index is 273. The van der Waals surface area contributed by atoms with Gasteiger partial charge in [-0.3, -0.25) is 4.90 Å². The molecule has 0 aliphatic heterocycles. The van der Waals surface area contributed by atoms with Crippen LogP contribution in [0.4, 0.5) is 0 Å². The molecule has 0 aliphatic rings. The lowest BCUT2D eigenvalue weighted by Gasteiger charge is -2.31. The standard InChI is InChI=1S/C13H21NO/c1-4-11(2)14(3)13(10-15)12-8-6-5-7-9-12/h5-9,11,13,15H,4,10H2,1-3H3/t11-,13+/m1/s1. The van der Waals surface area contributed by atoms with E-state index in [-0.39, 0.29) is 12.6 Å². The first kappa shape index (κ1) is 12.2. The van der Waals surface area contributed by atoms with Crippen LogP contribution in [0.5, 0.6) is 0 Å². The zero-order valence-electron chi connectivity index (χ0n) is 9.85. The second-order valence-corrected chi connectivity index (χ2v) is 4.03. The van der Waals surface area contributed by atoms with Gasteiger partial charge in [-0.1, -0.05) is 37.3 Å². The van der Waals surface area contributed by atoms with Crippen molar-refractivity contribution in [1.29, 1.82) is 0 Å². The van der Waals surface area contributed by atoms with Crippen molar-refractivity contribution in [3.05, 3.63) is 35.9 Å². The van der Waals surface area contributed by atoms with E-state index in [0.717, 1.165) is 6.42 Å². The molecular formula is C13H21NO. The zero-order chi connectivity index (χ0) is 11.3. The van der Waals surface area contributed by atoms with E-state index >= 15 is 0 Å². The van der Waals surface area contributed by atoms with E-state index in [9.17, 15) is 5.11 Å². The molecule has 0 saturated carbocycles. The Morgan fingerprint density at radius 1 is 1.27 bits per heavy atom. The summed E-state index contributed by atoms with van der Waals surface area (Å²) in [5.74, 6) is 0. The highest BCUT2D eigenvalue weighted by Crippen LogP contribution is 2.21. The molecule has 0 aliphatic carbocycles. The summed E-state index contributed by atoms with van der Waals surface area (Å²) >= 11 is 0. The molecule has 1 N–H and O–H groups in total. The molecule has 0 heterocycles. The molecule has 2 heteroatoms. The van der Waals surface area contributed by atoms with Crippen LogP contribution in [0, 0.1) is 0 Å². The maximum atomic E-state index is 9.45. The third-order valence-electron chi connectivity index (χ3n) is 3.13. The first-order valence-corrected chi connectivity index (χ1v) is 5.58. The lowest BCUT2D eigenvalue weighted by atomic mass is 10.0. The summed E-state index contributed by atoms with van der Waals surface area (Å²) in [4.78, 5) is 2.23. The molecule has 0 spiro atoms. The van der Waals surface area contributed by atoms with Gasteiger partial charge in [0.15, 0.2) is 0 Å². The molecule has 1 rings (SSSR count). The van der Waals surface area contributed by atoms with Crippen LogP contribution in [0.3, 0.4) is 0 Å². The van der Waals surface area contributed by atoms with Crippen molar-refractivity contribution in [3.63, 3.8) is 0 Å². The van der Waals surface area contributed by atoms with Crippen LogP contribution < -0.4 is 0 Å². The summed E-state index contributed by atoms with van der Waals surface area (Å²) in [6.45, 7) is 4.52. The minimum Gasteiger partial charge on any atom is -0.394 e. The van der Waals surface area contributed by atoms with E-state index in [4.69, 9.17) is 0 Å². The van der Waals surface area contributed by atoms with Gasteiger partial charge in [0.2, 0.25) is 0 Å². The molecular weight excluding hydrogens is 186 g/mol. The van der Waals surface area contributed by atoms with Gasteiger partial charge >= 0.3 is 0 Å². The monoisotopic (exact) mass is 207 g/mol. The molecule has 0 aromatic heterocycles. The molecule has 0 amide bonds. The Kier molecular flexibility index (Phi) is 4.79. The molecule has 0 fully saturated rings. The Morgan fingerprint density at radius 2 is 1.87 bits per heavy atom. The van der Waals surface area contributed by atoms with Gasteiger partial charge in [0.1, 0.15) is 0 Å². The Morgan fingerprint density at radius 3 is 2.33 bits per heavy atom. The summed E-state index contributed by atoms with van der Waals surface area (Å²) in [7, 11) is 2.07. The predicted octanol–water partition coefficient (Wildman–Crippen LogP) is 2.45. The van der Waals surface area contributed by atoms with E-state index in [1.807, 2.05) is 18.2 Å². The lowest BCUT2D eigenvalue weighted by Crippen LogP contribution is -2.34. The smallest absolute Gasteiger partial charge is 0.0628 e. The summed E-state index contributed by atoms with van der Waals surface area (Å²) < 4.78 is 0. The topological polar surface area (TPSA) is 23.5 Å². The molecule has 2 nitrogen and oxygen atoms in total. The minimum atomic E-state index is 0.112. The van der Waals surface area contributed by atoms with Gasteiger partial charge in [-0.2, -0.15) is 0 Å². The molecule has 15 heavy (non-hydrogen) atoms. The fraction of sp³-hybridized carbons (Fsp3) is 0.538. The SMILES string of the molecule is CC[C@@H](C)N(C)[C@@H](CO)c1ccccc1. The van der Waals surface area contributed by atoms with Crippen LogP contribution in [-0.2, 0) is 0 Å². The Hall–Kier alpha value is -0.860. The molecule has 0 unspecified atom stereocenters. The van der Waals surface area contributed by atoms with Gasteiger partial charge in [0.25, 0.3) is 0 Å². The van der Waals surface area contributed by atoms with Crippen molar-refractivity contribution in [2.45, 2.75) is 32.4 Å². The number of aliphatic hydroxyl groups excluding tert-OH is 1. The van der Waals surface area contributed by atoms with E-state index in [0.29, 0.717) is 6.04 Å². The van der Waals surface area contributed by atoms with Crippen molar-refractivity contribution in [2.75, 3.05) is 13.7 Å². The molecule has 0 bridgehead atoms. The fourth-order valence-corrected chi connectivity index (χ4v) is 1.74. The highest BCUT2D eigenvalue weighted by Gasteiger charge is 2.19. The summed E-state index contributed by atoms with van der Waals surface area (Å²) in [5.41, 5.74) is 1.18.